The van der Waals surface area contributed by atoms with E-state index in [1.165, 1.54) is 0 Å². The summed E-state index contributed by atoms with van der Waals surface area (Å²) in [7, 11) is 1.62. The van der Waals surface area contributed by atoms with Crippen LogP contribution in [0.25, 0.3) is 10.4 Å². The van der Waals surface area contributed by atoms with Crippen LogP contribution in [-0.2, 0) is 10.3 Å². The van der Waals surface area contributed by atoms with E-state index in [4.69, 9.17) is 10.5 Å². The lowest BCUT2D eigenvalue weighted by atomic mass is 9.87. The van der Waals surface area contributed by atoms with Crippen molar-refractivity contribution in [1.29, 1.82) is 0 Å². The van der Waals surface area contributed by atoms with Crippen LogP contribution in [0.1, 0.15) is 45.4 Å². The van der Waals surface area contributed by atoms with Crippen LogP contribution < -0.4 is 10.5 Å². The molecule has 0 radical (unpaired) electrons. The molecule has 0 aliphatic heterocycles. The van der Waals surface area contributed by atoms with Crippen molar-refractivity contribution in [3.63, 3.8) is 0 Å². The first kappa shape index (κ1) is 20.1. The van der Waals surface area contributed by atoms with Gasteiger partial charge in [-0.15, -0.1) is 11.3 Å². The molecular formula is C20H27N3O2S. The van der Waals surface area contributed by atoms with E-state index in [0.29, 0.717) is 11.6 Å². The Hall–Kier alpha value is -2.21. The van der Waals surface area contributed by atoms with Crippen molar-refractivity contribution < 1.29 is 9.53 Å². The Morgan fingerprint density at radius 3 is 2.54 bits per heavy atom. The number of carbonyl (C=O) groups excluding carboxylic acids is 1. The summed E-state index contributed by atoms with van der Waals surface area (Å²) in [5.74, 6) is 1.43. The zero-order valence-electron chi connectivity index (χ0n) is 16.1. The molecule has 1 unspecified atom stereocenters. The smallest absolute Gasteiger partial charge is 0.163 e. The van der Waals surface area contributed by atoms with Gasteiger partial charge in [-0.25, -0.2) is 0 Å². The maximum absolute atomic E-state index is 12.5. The van der Waals surface area contributed by atoms with Crippen molar-refractivity contribution in [2.45, 2.75) is 46.1 Å². The second-order valence-corrected chi connectivity index (χ2v) is 7.21. The summed E-state index contributed by atoms with van der Waals surface area (Å²) in [5.41, 5.74) is 5.98. The van der Waals surface area contributed by atoms with Gasteiger partial charge < -0.3 is 10.5 Å². The number of aliphatic imine (C=N–C) groups is 1. The number of ketones is 1. The number of amidine groups is 1. The molecule has 1 saturated carbocycles. The molecule has 1 aliphatic rings. The highest BCUT2D eigenvalue weighted by Crippen LogP contribution is 2.51. The van der Waals surface area contributed by atoms with Gasteiger partial charge in [0.05, 0.1) is 19.1 Å². The number of nitrogens with zero attached hydrogens (tertiary/aromatic N) is 2. The fourth-order valence-electron chi connectivity index (χ4n) is 3.03. The van der Waals surface area contributed by atoms with Crippen LogP contribution in [-0.4, -0.2) is 23.7 Å². The Morgan fingerprint density at radius 1 is 1.31 bits per heavy atom. The highest BCUT2D eigenvalue weighted by molar-refractivity contribution is 7.15. The largest absolute Gasteiger partial charge is 0.495 e. The van der Waals surface area contributed by atoms with Gasteiger partial charge in [-0.05, 0) is 50.8 Å². The predicted molar refractivity (Wildman–Crippen MR) is 108 cm³/mol. The minimum Gasteiger partial charge on any atom is -0.495 e. The number of pyridine rings is 1. The van der Waals surface area contributed by atoms with Crippen LogP contribution in [0.3, 0.4) is 0 Å². The van der Waals surface area contributed by atoms with Crippen LogP contribution in [0.5, 0.6) is 5.75 Å². The number of thiophene rings is 1. The van der Waals surface area contributed by atoms with Crippen molar-refractivity contribution in [3.8, 4) is 16.2 Å². The third-order valence-electron chi connectivity index (χ3n) is 4.27. The monoisotopic (exact) mass is 373 g/mol. The molecule has 2 aromatic heterocycles. The number of hydrogen-bond acceptors (Lipinski definition) is 5. The number of Topliss-reactive ketones (excluding diaryl/α,β-unsaturated/α-hetero) is 1. The molecule has 0 aromatic carbocycles. The van der Waals surface area contributed by atoms with E-state index < -0.39 is 5.54 Å². The molecule has 3 rings (SSSR count). The maximum atomic E-state index is 12.5. The fourth-order valence-corrected chi connectivity index (χ4v) is 4.28. The molecule has 1 aliphatic carbocycles. The summed E-state index contributed by atoms with van der Waals surface area (Å²) in [5, 5.41) is 0. The third kappa shape index (κ3) is 3.96. The zero-order valence-corrected chi connectivity index (χ0v) is 16.9. The Balaban J connectivity index is 0.00000117. The lowest BCUT2D eigenvalue weighted by Crippen LogP contribution is -2.35. The maximum Gasteiger partial charge on any atom is 0.163 e. The highest BCUT2D eigenvalue weighted by atomic mass is 32.1. The molecule has 140 valence electrons. The molecule has 26 heavy (non-hydrogen) atoms. The Bertz CT molecular complexity index is 792. The van der Waals surface area contributed by atoms with E-state index in [1.807, 2.05) is 32.0 Å². The standard InChI is InChI=1S/C18H21N3O2S.C2H6/c1-11(22)18(14-4-5-14,21-12(2)19)17-7-6-16(24-17)13-8-15(23-3)10-20-9-13;1-2/h6-10,14H,4-5H2,1-3H3,(H2,19,21);1-2H3. The lowest BCUT2D eigenvalue weighted by Gasteiger charge is -2.26. The molecule has 1 fully saturated rings. The van der Waals surface area contributed by atoms with Gasteiger partial charge in [0.2, 0.25) is 0 Å². The molecule has 2 N–H and O–H groups in total. The molecule has 6 heteroatoms. The summed E-state index contributed by atoms with van der Waals surface area (Å²) in [6.07, 6.45) is 5.47. The summed E-state index contributed by atoms with van der Waals surface area (Å²) >= 11 is 1.57. The van der Waals surface area contributed by atoms with E-state index in [0.717, 1.165) is 28.2 Å². The van der Waals surface area contributed by atoms with Crippen molar-refractivity contribution in [2.24, 2.45) is 16.6 Å². The van der Waals surface area contributed by atoms with Crippen LogP contribution in [0.15, 0.2) is 35.6 Å². The molecule has 1 atom stereocenters. The van der Waals surface area contributed by atoms with Crippen LogP contribution in [0, 0.1) is 5.92 Å². The first-order valence-electron chi connectivity index (χ1n) is 8.90. The molecule has 0 amide bonds. The number of aromatic nitrogens is 1. The quantitative estimate of drug-likeness (QED) is 0.601. The summed E-state index contributed by atoms with van der Waals surface area (Å²) in [6.45, 7) is 7.35. The average Bonchev–Trinajstić information content (AvgIpc) is 3.37. The van der Waals surface area contributed by atoms with Crippen LogP contribution >= 0.6 is 11.3 Å². The zero-order chi connectivity index (χ0) is 19.3. The normalized spacial score (nSPS) is 16.3. The Labute approximate surface area is 159 Å². The number of hydrogen-bond donors (Lipinski definition) is 1. The van der Waals surface area contributed by atoms with E-state index in [2.05, 4.69) is 9.98 Å². The predicted octanol–water partition coefficient (Wildman–Crippen LogP) is 4.42. The first-order valence-corrected chi connectivity index (χ1v) is 9.71. The summed E-state index contributed by atoms with van der Waals surface area (Å²) < 4.78 is 5.24. The Morgan fingerprint density at radius 2 is 2.00 bits per heavy atom. The lowest BCUT2D eigenvalue weighted by molar-refractivity contribution is -0.122. The van der Waals surface area contributed by atoms with E-state index in [9.17, 15) is 4.79 Å². The van der Waals surface area contributed by atoms with Gasteiger partial charge in [-0.2, -0.15) is 0 Å². The van der Waals surface area contributed by atoms with Crippen molar-refractivity contribution >= 4 is 23.0 Å². The van der Waals surface area contributed by atoms with Gasteiger partial charge in [0, 0.05) is 21.5 Å². The topological polar surface area (TPSA) is 77.6 Å². The van der Waals surface area contributed by atoms with Gasteiger partial charge in [0.1, 0.15) is 5.75 Å². The highest BCUT2D eigenvalue weighted by Gasteiger charge is 2.51. The number of carbonyl (C=O) groups is 1. The van der Waals surface area contributed by atoms with Crippen molar-refractivity contribution in [2.75, 3.05) is 7.11 Å². The van der Waals surface area contributed by atoms with Gasteiger partial charge in [0.25, 0.3) is 0 Å². The number of ether oxygens (including phenoxy) is 1. The second-order valence-electron chi connectivity index (χ2n) is 6.13. The molecule has 2 heterocycles. The summed E-state index contributed by atoms with van der Waals surface area (Å²) in [6, 6.07) is 5.94. The molecule has 2 aromatic rings. The van der Waals surface area contributed by atoms with Gasteiger partial charge in [0.15, 0.2) is 11.3 Å². The molecule has 5 nitrogen and oxygen atoms in total. The minimum atomic E-state index is -0.839. The van der Waals surface area contributed by atoms with E-state index in [-0.39, 0.29) is 11.7 Å². The van der Waals surface area contributed by atoms with Crippen LogP contribution in [0.2, 0.25) is 0 Å². The number of rotatable bonds is 6. The van der Waals surface area contributed by atoms with Crippen molar-refractivity contribution in [1.82, 2.24) is 4.98 Å². The van der Waals surface area contributed by atoms with Crippen LogP contribution in [0.4, 0.5) is 0 Å². The van der Waals surface area contributed by atoms with Gasteiger partial charge >= 0.3 is 0 Å². The first-order chi connectivity index (χ1) is 12.5. The molecule has 0 spiro atoms. The Kier molecular flexibility index (Phi) is 6.53. The fraction of sp³-hybridized carbons (Fsp3) is 0.450. The molecule has 0 saturated heterocycles. The van der Waals surface area contributed by atoms with E-state index >= 15 is 0 Å². The molecular weight excluding hydrogens is 346 g/mol. The summed E-state index contributed by atoms with van der Waals surface area (Å²) in [4.78, 5) is 23.3. The minimum absolute atomic E-state index is 0.0481. The van der Waals surface area contributed by atoms with E-state index in [1.54, 1.807) is 44.7 Å². The second kappa shape index (κ2) is 8.45. The molecule has 0 bridgehead atoms. The number of methoxy groups -OCH3 is 1. The number of nitrogens with two attached hydrogens (primary N) is 1. The van der Waals surface area contributed by atoms with Gasteiger partial charge in [-0.3, -0.25) is 14.8 Å². The van der Waals surface area contributed by atoms with Crippen molar-refractivity contribution in [3.05, 3.63) is 35.5 Å². The van der Waals surface area contributed by atoms with Gasteiger partial charge in [-0.1, -0.05) is 13.8 Å². The average molecular weight is 374 g/mol. The third-order valence-corrected chi connectivity index (χ3v) is 5.53. The SMILES string of the molecule is CC.COc1cncc(-c2ccc(C(N=C(C)N)(C(C)=O)C3CC3)s2)c1.